The molecule has 28 heavy (non-hydrogen) atoms. The molecule has 1 amide bonds. The molecule has 0 unspecified atom stereocenters. The van der Waals surface area contributed by atoms with Gasteiger partial charge in [0.05, 0.1) is 18.2 Å². The van der Waals surface area contributed by atoms with Crippen LogP contribution in [0.2, 0.25) is 0 Å². The highest BCUT2D eigenvalue weighted by molar-refractivity contribution is 5.77. The summed E-state index contributed by atoms with van der Waals surface area (Å²) in [5, 5.41) is 11.9. The smallest absolute Gasteiger partial charge is 0.257 e. The van der Waals surface area contributed by atoms with Crippen LogP contribution in [0.1, 0.15) is 18.9 Å². The lowest BCUT2D eigenvalue weighted by Crippen LogP contribution is -2.34. The highest BCUT2D eigenvalue weighted by atomic mass is 16.5. The number of para-hydroxylation sites is 1. The van der Waals surface area contributed by atoms with E-state index in [0.717, 1.165) is 19.5 Å². The molecular formula is C22H25N3O3. The summed E-state index contributed by atoms with van der Waals surface area (Å²) in [6, 6.07) is 17.3. The zero-order valence-corrected chi connectivity index (χ0v) is 16.1. The first-order chi connectivity index (χ1) is 13.7. The van der Waals surface area contributed by atoms with Crippen LogP contribution in [0.4, 0.5) is 5.69 Å². The number of hydrogen-bond donors (Lipinski definition) is 1. The maximum atomic E-state index is 12.2. The van der Waals surface area contributed by atoms with Gasteiger partial charge < -0.3 is 19.7 Å². The Morgan fingerprint density at radius 3 is 2.79 bits per heavy atom. The van der Waals surface area contributed by atoms with Crippen LogP contribution in [0, 0.1) is 17.2 Å². The van der Waals surface area contributed by atoms with Gasteiger partial charge >= 0.3 is 0 Å². The maximum Gasteiger partial charge on any atom is 0.257 e. The minimum Gasteiger partial charge on any atom is -0.490 e. The van der Waals surface area contributed by atoms with Gasteiger partial charge in [-0.15, -0.1) is 0 Å². The number of nitrogens with one attached hydrogen (secondary N) is 1. The third-order valence-electron chi connectivity index (χ3n) is 4.73. The summed E-state index contributed by atoms with van der Waals surface area (Å²) in [4.78, 5) is 14.5. The Labute approximate surface area is 165 Å². The third kappa shape index (κ3) is 5.17. The Morgan fingerprint density at radius 1 is 1.21 bits per heavy atom. The predicted octanol–water partition coefficient (Wildman–Crippen LogP) is 2.98. The van der Waals surface area contributed by atoms with Gasteiger partial charge in [0.15, 0.2) is 18.1 Å². The first kappa shape index (κ1) is 19.6. The lowest BCUT2D eigenvalue weighted by molar-refractivity contribution is -0.123. The van der Waals surface area contributed by atoms with Crippen LogP contribution < -0.4 is 19.7 Å². The summed E-state index contributed by atoms with van der Waals surface area (Å²) in [5.41, 5.74) is 1.72. The van der Waals surface area contributed by atoms with Gasteiger partial charge in [0.25, 0.3) is 5.91 Å². The molecule has 1 heterocycles. The van der Waals surface area contributed by atoms with Crippen LogP contribution in [0.15, 0.2) is 48.5 Å². The van der Waals surface area contributed by atoms with E-state index in [9.17, 15) is 4.79 Å². The molecule has 0 bridgehead atoms. The van der Waals surface area contributed by atoms with Gasteiger partial charge in [0, 0.05) is 31.4 Å². The molecule has 0 saturated carbocycles. The normalized spacial score (nSPS) is 15.7. The summed E-state index contributed by atoms with van der Waals surface area (Å²) in [7, 11) is 0. The summed E-state index contributed by atoms with van der Waals surface area (Å²) in [6.07, 6.45) is 1.06. The van der Waals surface area contributed by atoms with E-state index in [4.69, 9.17) is 14.7 Å². The second-order valence-corrected chi connectivity index (χ2v) is 6.74. The van der Waals surface area contributed by atoms with E-state index >= 15 is 0 Å². The molecule has 6 heteroatoms. The van der Waals surface area contributed by atoms with Crippen molar-refractivity contribution in [1.29, 1.82) is 5.26 Å². The van der Waals surface area contributed by atoms with Crippen molar-refractivity contribution in [2.24, 2.45) is 5.92 Å². The van der Waals surface area contributed by atoms with E-state index in [1.165, 1.54) is 5.69 Å². The van der Waals surface area contributed by atoms with Gasteiger partial charge in [-0.2, -0.15) is 5.26 Å². The number of nitrogens with zero attached hydrogens (tertiary/aromatic N) is 2. The monoisotopic (exact) mass is 379 g/mol. The third-order valence-corrected chi connectivity index (χ3v) is 4.73. The molecule has 1 aliphatic heterocycles. The van der Waals surface area contributed by atoms with Crippen LogP contribution in [-0.2, 0) is 4.79 Å². The number of nitriles is 1. The summed E-state index contributed by atoms with van der Waals surface area (Å²) >= 11 is 0. The molecule has 0 radical (unpaired) electrons. The van der Waals surface area contributed by atoms with Crippen molar-refractivity contribution < 1.29 is 14.3 Å². The first-order valence-corrected chi connectivity index (χ1v) is 9.56. The molecule has 146 valence electrons. The summed E-state index contributed by atoms with van der Waals surface area (Å²) in [5.74, 6) is 1.21. The summed E-state index contributed by atoms with van der Waals surface area (Å²) < 4.78 is 11.1. The van der Waals surface area contributed by atoms with Crippen molar-refractivity contribution in [3.05, 3.63) is 54.1 Å². The van der Waals surface area contributed by atoms with Gasteiger partial charge in [-0.25, -0.2) is 0 Å². The van der Waals surface area contributed by atoms with Crippen LogP contribution in [0.25, 0.3) is 0 Å². The fourth-order valence-electron chi connectivity index (χ4n) is 3.29. The molecule has 1 aliphatic rings. The predicted molar refractivity (Wildman–Crippen MR) is 108 cm³/mol. The van der Waals surface area contributed by atoms with E-state index in [1.807, 2.05) is 25.1 Å². The molecule has 0 aromatic heterocycles. The Hall–Kier alpha value is -3.20. The fourth-order valence-corrected chi connectivity index (χ4v) is 3.29. The van der Waals surface area contributed by atoms with E-state index in [1.54, 1.807) is 18.2 Å². The van der Waals surface area contributed by atoms with Crippen LogP contribution >= 0.6 is 0 Å². The molecule has 1 saturated heterocycles. The Morgan fingerprint density at radius 2 is 2.04 bits per heavy atom. The molecule has 6 nitrogen and oxygen atoms in total. The van der Waals surface area contributed by atoms with E-state index in [0.29, 0.717) is 36.1 Å². The summed E-state index contributed by atoms with van der Waals surface area (Å²) in [6.45, 7) is 4.81. The number of hydrogen-bond acceptors (Lipinski definition) is 5. The standard InChI is InChI=1S/C22H25N3O3/c1-2-27-21-12-17(13-23)8-9-20(21)28-16-22(26)24-14-18-10-11-25(15-18)19-6-4-3-5-7-19/h3-9,12,18H,2,10-11,14-16H2,1H3,(H,24,26)/t18-/m1/s1. The largest absolute Gasteiger partial charge is 0.490 e. The van der Waals surface area contributed by atoms with E-state index in [-0.39, 0.29) is 12.5 Å². The Kier molecular flexibility index (Phi) is 6.74. The highest BCUT2D eigenvalue weighted by Crippen LogP contribution is 2.28. The van der Waals surface area contributed by atoms with Gasteiger partial charge in [0.1, 0.15) is 0 Å². The average molecular weight is 379 g/mol. The van der Waals surface area contributed by atoms with Gasteiger partial charge in [-0.1, -0.05) is 18.2 Å². The zero-order chi connectivity index (χ0) is 19.8. The number of carbonyl (C=O) groups is 1. The number of anilines is 1. The van der Waals surface area contributed by atoms with E-state index in [2.05, 4.69) is 28.4 Å². The highest BCUT2D eigenvalue weighted by Gasteiger charge is 2.23. The number of benzene rings is 2. The zero-order valence-electron chi connectivity index (χ0n) is 16.1. The second kappa shape index (κ2) is 9.65. The fraction of sp³-hybridized carbons (Fsp3) is 0.364. The Bertz CT molecular complexity index is 833. The maximum absolute atomic E-state index is 12.2. The molecular weight excluding hydrogens is 354 g/mol. The lowest BCUT2D eigenvalue weighted by atomic mass is 10.1. The van der Waals surface area contributed by atoms with Crippen molar-refractivity contribution in [2.45, 2.75) is 13.3 Å². The molecule has 1 atom stereocenters. The van der Waals surface area contributed by atoms with Crippen LogP contribution in [0.3, 0.4) is 0 Å². The number of carbonyl (C=O) groups excluding carboxylic acids is 1. The second-order valence-electron chi connectivity index (χ2n) is 6.74. The minimum absolute atomic E-state index is 0.0822. The molecule has 2 aromatic carbocycles. The van der Waals surface area contributed by atoms with Gasteiger partial charge in [-0.3, -0.25) is 4.79 Å². The van der Waals surface area contributed by atoms with E-state index < -0.39 is 0 Å². The Balaban J connectivity index is 1.45. The SMILES string of the molecule is CCOc1cc(C#N)ccc1OCC(=O)NC[C@H]1CCN(c2ccccc2)C1. The molecule has 3 rings (SSSR count). The molecule has 1 N–H and O–H groups in total. The average Bonchev–Trinajstić information content (AvgIpc) is 3.21. The quantitative estimate of drug-likeness (QED) is 0.763. The number of ether oxygens (including phenoxy) is 2. The topological polar surface area (TPSA) is 74.6 Å². The molecule has 0 spiro atoms. The molecule has 1 fully saturated rings. The lowest BCUT2D eigenvalue weighted by Gasteiger charge is -2.18. The van der Waals surface area contributed by atoms with Crippen LogP contribution in [-0.4, -0.2) is 38.8 Å². The van der Waals surface area contributed by atoms with Crippen molar-refractivity contribution >= 4 is 11.6 Å². The van der Waals surface area contributed by atoms with Crippen molar-refractivity contribution in [1.82, 2.24) is 5.32 Å². The van der Waals surface area contributed by atoms with Crippen molar-refractivity contribution in [2.75, 3.05) is 37.7 Å². The van der Waals surface area contributed by atoms with Gasteiger partial charge in [0.2, 0.25) is 0 Å². The van der Waals surface area contributed by atoms with Crippen molar-refractivity contribution in [3.63, 3.8) is 0 Å². The van der Waals surface area contributed by atoms with Crippen LogP contribution in [0.5, 0.6) is 11.5 Å². The number of rotatable bonds is 8. The first-order valence-electron chi connectivity index (χ1n) is 9.56. The minimum atomic E-state index is -0.162. The number of amides is 1. The molecule has 2 aromatic rings. The molecule has 0 aliphatic carbocycles. The van der Waals surface area contributed by atoms with Crippen molar-refractivity contribution in [3.8, 4) is 17.6 Å². The van der Waals surface area contributed by atoms with Gasteiger partial charge in [-0.05, 0) is 43.5 Å².